The lowest BCUT2D eigenvalue weighted by atomic mass is 9.93. The Morgan fingerprint density at radius 1 is 1.19 bits per heavy atom. The molecule has 3 aromatic rings. The first kappa shape index (κ1) is 18.6. The molecule has 1 aromatic carbocycles. The predicted molar refractivity (Wildman–Crippen MR) is 105 cm³/mol. The summed E-state index contributed by atoms with van der Waals surface area (Å²) in [6, 6.07) is 12.5. The van der Waals surface area contributed by atoms with Gasteiger partial charge in [-0.3, -0.25) is 9.78 Å². The Morgan fingerprint density at radius 2 is 1.92 bits per heavy atom. The highest BCUT2D eigenvalue weighted by atomic mass is 35.5. The third kappa shape index (κ3) is 3.96. The number of thiophene rings is 1. The molecule has 2 aromatic heterocycles. The van der Waals surface area contributed by atoms with E-state index >= 15 is 0 Å². The molecule has 0 aliphatic carbocycles. The van der Waals surface area contributed by atoms with Crippen molar-refractivity contribution < 1.29 is 9.90 Å². The average molecular weight is 387 g/mol. The van der Waals surface area contributed by atoms with E-state index in [9.17, 15) is 9.90 Å². The quantitative estimate of drug-likeness (QED) is 0.676. The average Bonchev–Trinajstić information content (AvgIpc) is 3.17. The maximum Gasteiger partial charge on any atom is 0.256 e. The largest absolute Gasteiger partial charge is 0.376 e. The van der Waals surface area contributed by atoms with E-state index in [0.29, 0.717) is 16.3 Å². The highest BCUT2D eigenvalue weighted by Crippen LogP contribution is 2.27. The van der Waals surface area contributed by atoms with Crippen LogP contribution in [0.5, 0.6) is 0 Å². The lowest BCUT2D eigenvalue weighted by molar-refractivity contribution is -0.139. The van der Waals surface area contributed by atoms with Crippen LogP contribution >= 0.6 is 22.9 Å². The summed E-state index contributed by atoms with van der Waals surface area (Å²) in [5.74, 6) is -0.481. The van der Waals surface area contributed by atoms with Gasteiger partial charge in [-0.25, -0.2) is 0 Å². The summed E-state index contributed by atoms with van der Waals surface area (Å²) in [4.78, 5) is 16.8. The van der Waals surface area contributed by atoms with Gasteiger partial charge in [0.05, 0.1) is 16.8 Å². The molecule has 1 amide bonds. The standard InChI is InChI=1S/C20H19ClN2O2S/c1-13(18-8-7-17(21)11-22-18)23-19(24)20(2,25)16-5-3-14(4-6-16)15-9-10-26-12-15/h3-13,25H,1-2H3,(H,23,24). The number of hydrogen-bond acceptors (Lipinski definition) is 4. The first-order valence-electron chi connectivity index (χ1n) is 8.16. The van der Waals surface area contributed by atoms with Crippen molar-refractivity contribution in [1.82, 2.24) is 10.3 Å². The van der Waals surface area contributed by atoms with Crippen molar-refractivity contribution in [2.45, 2.75) is 25.5 Å². The lowest BCUT2D eigenvalue weighted by Crippen LogP contribution is -2.43. The van der Waals surface area contributed by atoms with Crippen LogP contribution in [-0.2, 0) is 10.4 Å². The third-order valence-electron chi connectivity index (χ3n) is 4.29. The summed E-state index contributed by atoms with van der Waals surface area (Å²) in [5.41, 5.74) is 1.73. The van der Waals surface area contributed by atoms with Crippen LogP contribution in [0.4, 0.5) is 0 Å². The first-order chi connectivity index (χ1) is 12.4. The Hall–Kier alpha value is -2.21. The van der Waals surface area contributed by atoms with Crippen LogP contribution in [-0.4, -0.2) is 16.0 Å². The lowest BCUT2D eigenvalue weighted by Gasteiger charge is -2.25. The molecular formula is C20H19ClN2O2S. The first-order valence-corrected chi connectivity index (χ1v) is 9.48. The number of nitrogens with one attached hydrogen (secondary N) is 1. The number of halogens is 1. The fourth-order valence-corrected chi connectivity index (χ4v) is 3.38. The number of hydrogen-bond donors (Lipinski definition) is 2. The molecule has 0 aliphatic rings. The van der Waals surface area contributed by atoms with E-state index in [2.05, 4.69) is 15.7 Å². The van der Waals surface area contributed by atoms with Gasteiger partial charge in [0.25, 0.3) is 5.91 Å². The maximum absolute atomic E-state index is 12.6. The number of benzene rings is 1. The number of pyridine rings is 1. The summed E-state index contributed by atoms with van der Waals surface area (Å²) >= 11 is 7.46. The molecule has 6 heteroatoms. The molecule has 2 unspecified atom stereocenters. The van der Waals surface area contributed by atoms with E-state index in [1.807, 2.05) is 30.5 Å². The van der Waals surface area contributed by atoms with E-state index in [1.165, 1.54) is 13.1 Å². The van der Waals surface area contributed by atoms with Gasteiger partial charge in [-0.2, -0.15) is 11.3 Å². The van der Waals surface area contributed by atoms with Gasteiger partial charge in [0.1, 0.15) is 0 Å². The topological polar surface area (TPSA) is 62.2 Å². The van der Waals surface area contributed by atoms with Crippen molar-refractivity contribution in [1.29, 1.82) is 0 Å². The van der Waals surface area contributed by atoms with Crippen LogP contribution in [0, 0.1) is 0 Å². The van der Waals surface area contributed by atoms with Gasteiger partial charge in [0, 0.05) is 6.20 Å². The summed E-state index contributed by atoms with van der Waals surface area (Å²) in [7, 11) is 0. The van der Waals surface area contributed by atoms with Crippen LogP contribution in [0.25, 0.3) is 11.1 Å². The fourth-order valence-electron chi connectivity index (χ4n) is 2.60. The molecule has 0 fully saturated rings. The zero-order valence-corrected chi connectivity index (χ0v) is 16.0. The molecule has 2 N–H and O–H groups in total. The molecule has 0 aliphatic heterocycles. The van der Waals surface area contributed by atoms with Crippen molar-refractivity contribution in [2.24, 2.45) is 0 Å². The maximum atomic E-state index is 12.6. The van der Waals surface area contributed by atoms with Crippen molar-refractivity contribution in [3.05, 3.63) is 75.7 Å². The monoisotopic (exact) mass is 386 g/mol. The summed E-state index contributed by atoms with van der Waals surface area (Å²) in [6.45, 7) is 3.30. The molecule has 4 nitrogen and oxygen atoms in total. The smallest absolute Gasteiger partial charge is 0.256 e. The minimum Gasteiger partial charge on any atom is -0.376 e. The van der Waals surface area contributed by atoms with E-state index in [1.54, 1.807) is 35.6 Å². The molecule has 0 spiro atoms. The molecule has 0 saturated carbocycles. The number of carbonyl (C=O) groups is 1. The zero-order chi connectivity index (χ0) is 18.7. The van der Waals surface area contributed by atoms with Gasteiger partial charge in [-0.1, -0.05) is 35.9 Å². The van der Waals surface area contributed by atoms with E-state index in [-0.39, 0.29) is 6.04 Å². The summed E-state index contributed by atoms with van der Waals surface area (Å²) in [6.07, 6.45) is 1.53. The van der Waals surface area contributed by atoms with Crippen LogP contribution in [0.3, 0.4) is 0 Å². The van der Waals surface area contributed by atoms with Crippen LogP contribution in [0.1, 0.15) is 31.1 Å². The molecule has 2 heterocycles. The van der Waals surface area contributed by atoms with Crippen molar-refractivity contribution in [2.75, 3.05) is 0 Å². The van der Waals surface area contributed by atoms with Gasteiger partial charge in [0.2, 0.25) is 0 Å². The van der Waals surface area contributed by atoms with E-state index in [0.717, 1.165) is 11.1 Å². The normalized spacial score (nSPS) is 14.5. The highest BCUT2D eigenvalue weighted by Gasteiger charge is 2.33. The second-order valence-corrected chi connectivity index (χ2v) is 7.47. The van der Waals surface area contributed by atoms with Gasteiger partial charge in [-0.05, 0) is 59.5 Å². The molecule has 3 rings (SSSR count). The van der Waals surface area contributed by atoms with Gasteiger partial charge in [0.15, 0.2) is 5.60 Å². The van der Waals surface area contributed by atoms with Crippen molar-refractivity contribution >= 4 is 28.8 Å². The second-order valence-electron chi connectivity index (χ2n) is 6.26. The molecule has 0 saturated heterocycles. The van der Waals surface area contributed by atoms with Crippen LogP contribution in [0.15, 0.2) is 59.4 Å². The van der Waals surface area contributed by atoms with Crippen LogP contribution < -0.4 is 5.32 Å². The fraction of sp³-hybridized carbons (Fsp3) is 0.200. The molecule has 0 bridgehead atoms. The molecule has 0 radical (unpaired) electrons. The van der Waals surface area contributed by atoms with Crippen LogP contribution in [0.2, 0.25) is 5.02 Å². The Kier molecular flexibility index (Phi) is 5.41. The van der Waals surface area contributed by atoms with Crippen molar-refractivity contribution in [3.8, 4) is 11.1 Å². The van der Waals surface area contributed by atoms with E-state index in [4.69, 9.17) is 11.6 Å². The van der Waals surface area contributed by atoms with Gasteiger partial charge < -0.3 is 10.4 Å². The number of aliphatic hydroxyl groups is 1. The zero-order valence-electron chi connectivity index (χ0n) is 14.4. The Balaban J connectivity index is 1.74. The molecule has 134 valence electrons. The minimum absolute atomic E-state index is 0.351. The Morgan fingerprint density at radius 3 is 2.50 bits per heavy atom. The summed E-state index contributed by atoms with van der Waals surface area (Å²) < 4.78 is 0. The second kappa shape index (κ2) is 7.58. The number of amides is 1. The number of carbonyl (C=O) groups excluding carboxylic acids is 1. The SMILES string of the molecule is CC(NC(=O)C(C)(O)c1ccc(-c2ccsc2)cc1)c1ccc(Cl)cn1. The Labute approximate surface area is 161 Å². The predicted octanol–water partition coefficient (Wildman–Crippen LogP) is 4.55. The number of aromatic nitrogens is 1. The van der Waals surface area contributed by atoms with Crippen molar-refractivity contribution in [3.63, 3.8) is 0 Å². The molecular weight excluding hydrogens is 368 g/mol. The number of nitrogens with zero attached hydrogens (tertiary/aromatic N) is 1. The molecule has 26 heavy (non-hydrogen) atoms. The molecule has 2 atom stereocenters. The number of rotatable bonds is 5. The highest BCUT2D eigenvalue weighted by molar-refractivity contribution is 7.08. The minimum atomic E-state index is -1.64. The Bertz CT molecular complexity index is 875. The van der Waals surface area contributed by atoms with E-state index < -0.39 is 11.5 Å². The van der Waals surface area contributed by atoms with Gasteiger partial charge in [-0.15, -0.1) is 0 Å². The van der Waals surface area contributed by atoms with Gasteiger partial charge >= 0.3 is 0 Å². The summed E-state index contributed by atoms with van der Waals surface area (Å²) in [5, 5.41) is 18.2. The third-order valence-corrected chi connectivity index (χ3v) is 5.19.